The van der Waals surface area contributed by atoms with Crippen molar-refractivity contribution in [1.29, 1.82) is 0 Å². The van der Waals surface area contributed by atoms with Crippen molar-refractivity contribution in [3.05, 3.63) is 24.3 Å². The van der Waals surface area contributed by atoms with Crippen LogP contribution in [0.3, 0.4) is 0 Å². The molecule has 0 aliphatic carbocycles. The fourth-order valence-electron chi connectivity index (χ4n) is 1.28. The summed E-state index contributed by atoms with van der Waals surface area (Å²) in [5.74, 6) is 0.815. The van der Waals surface area contributed by atoms with E-state index in [4.69, 9.17) is 10.5 Å². The van der Waals surface area contributed by atoms with Crippen LogP contribution in [0, 0.1) is 0 Å². The number of ether oxygens (including phenoxy) is 1. The highest BCUT2D eigenvalue weighted by Gasteiger charge is 2.02. The molecule has 0 aromatic heterocycles. The topological polar surface area (TPSA) is 58.7 Å². The fraction of sp³-hybridized carbons (Fsp3) is 0.500. The van der Waals surface area contributed by atoms with E-state index in [9.17, 15) is 5.11 Å². The highest BCUT2D eigenvalue weighted by Crippen LogP contribution is 2.19. The van der Waals surface area contributed by atoms with Crippen molar-refractivity contribution in [1.82, 2.24) is 0 Å². The Hall–Kier alpha value is -1.26. The van der Waals surface area contributed by atoms with Crippen molar-refractivity contribution in [3.8, 4) is 5.75 Å². The molecule has 0 saturated carbocycles. The Labute approximate surface area is 96.6 Å². The van der Waals surface area contributed by atoms with E-state index >= 15 is 0 Å². The Morgan fingerprint density at radius 3 is 2.81 bits per heavy atom. The Morgan fingerprint density at radius 1 is 1.44 bits per heavy atom. The molecule has 0 heterocycles. The summed E-state index contributed by atoms with van der Waals surface area (Å²) >= 11 is 0. The van der Waals surface area contributed by atoms with E-state index in [1.165, 1.54) is 0 Å². The molecular formula is C12H20N2O2. The molecule has 0 radical (unpaired) electrons. The van der Waals surface area contributed by atoms with E-state index in [0.717, 1.165) is 11.4 Å². The van der Waals surface area contributed by atoms with E-state index in [1.807, 2.05) is 43.3 Å². The number of aliphatic hydroxyl groups excluding tert-OH is 1. The molecule has 0 aliphatic heterocycles. The van der Waals surface area contributed by atoms with Gasteiger partial charge in [-0.3, -0.25) is 0 Å². The van der Waals surface area contributed by atoms with Crippen LogP contribution in [0.5, 0.6) is 5.75 Å². The van der Waals surface area contributed by atoms with Crippen LogP contribution in [0.2, 0.25) is 0 Å². The Kier molecular flexibility index (Phi) is 5.08. The summed E-state index contributed by atoms with van der Waals surface area (Å²) in [6, 6.07) is 7.84. The van der Waals surface area contributed by atoms with Gasteiger partial charge in [0.05, 0.1) is 12.7 Å². The van der Waals surface area contributed by atoms with Crippen LogP contribution in [0.15, 0.2) is 24.3 Å². The number of hydrogen-bond acceptors (Lipinski definition) is 4. The molecule has 1 unspecified atom stereocenters. The summed E-state index contributed by atoms with van der Waals surface area (Å²) in [4.78, 5) is 2.02. The SMILES string of the molecule is CN(C)c1cccc(OCCC(O)CN)c1. The highest BCUT2D eigenvalue weighted by molar-refractivity contribution is 5.49. The summed E-state index contributed by atoms with van der Waals surface area (Å²) in [5.41, 5.74) is 6.40. The van der Waals surface area contributed by atoms with Crippen LogP contribution in [0.1, 0.15) is 6.42 Å². The van der Waals surface area contributed by atoms with Crippen molar-refractivity contribution in [2.24, 2.45) is 5.73 Å². The van der Waals surface area contributed by atoms with Gasteiger partial charge in [0.1, 0.15) is 5.75 Å². The molecule has 1 aromatic carbocycles. The first-order valence-electron chi connectivity index (χ1n) is 5.42. The van der Waals surface area contributed by atoms with E-state index in [-0.39, 0.29) is 6.54 Å². The van der Waals surface area contributed by atoms with Gasteiger partial charge < -0.3 is 20.5 Å². The van der Waals surface area contributed by atoms with Gasteiger partial charge in [-0.2, -0.15) is 0 Å². The van der Waals surface area contributed by atoms with E-state index in [0.29, 0.717) is 13.0 Å². The number of hydrogen-bond donors (Lipinski definition) is 2. The van der Waals surface area contributed by atoms with Gasteiger partial charge in [0, 0.05) is 38.8 Å². The van der Waals surface area contributed by atoms with Gasteiger partial charge >= 0.3 is 0 Å². The summed E-state index contributed by atoms with van der Waals surface area (Å²) in [6.45, 7) is 0.760. The summed E-state index contributed by atoms with van der Waals surface area (Å²) in [5, 5.41) is 9.27. The van der Waals surface area contributed by atoms with E-state index in [2.05, 4.69) is 0 Å². The number of aliphatic hydroxyl groups is 1. The molecule has 0 fully saturated rings. The first kappa shape index (κ1) is 12.8. The zero-order valence-electron chi connectivity index (χ0n) is 9.89. The lowest BCUT2D eigenvalue weighted by molar-refractivity contribution is 0.146. The van der Waals surface area contributed by atoms with Gasteiger partial charge in [-0.05, 0) is 12.1 Å². The predicted octanol–water partition coefficient (Wildman–Crippen LogP) is 0.841. The zero-order chi connectivity index (χ0) is 12.0. The Bertz CT molecular complexity index is 316. The molecule has 1 aromatic rings. The molecular weight excluding hydrogens is 204 g/mol. The Morgan fingerprint density at radius 2 is 2.19 bits per heavy atom. The number of nitrogens with two attached hydrogens (primary N) is 1. The minimum atomic E-state index is -0.475. The molecule has 90 valence electrons. The van der Waals surface area contributed by atoms with Crippen LogP contribution >= 0.6 is 0 Å². The molecule has 1 atom stereocenters. The second-order valence-electron chi connectivity index (χ2n) is 3.92. The van der Waals surface area contributed by atoms with Crippen LogP contribution in [0.25, 0.3) is 0 Å². The maximum atomic E-state index is 9.27. The average Bonchev–Trinajstić information content (AvgIpc) is 2.29. The number of rotatable bonds is 6. The summed E-state index contributed by atoms with van der Waals surface area (Å²) in [6.07, 6.45) is 0.0833. The molecule has 4 nitrogen and oxygen atoms in total. The van der Waals surface area contributed by atoms with Crippen LogP contribution in [-0.4, -0.2) is 38.5 Å². The van der Waals surface area contributed by atoms with Crippen LogP contribution in [-0.2, 0) is 0 Å². The first-order chi connectivity index (χ1) is 7.63. The smallest absolute Gasteiger partial charge is 0.121 e. The zero-order valence-corrected chi connectivity index (χ0v) is 9.89. The molecule has 0 aliphatic rings. The summed E-state index contributed by atoms with van der Waals surface area (Å²) < 4.78 is 5.53. The number of benzene rings is 1. The van der Waals surface area contributed by atoms with Gasteiger partial charge in [0.15, 0.2) is 0 Å². The Balaban J connectivity index is 2.45. The minimum Gasteiger partial charge on any atom is -0.493 e. The molecule has 0 saturated heterocycles. The van der Waals surface area contributed by atoms with E-state index < -0.39 is 6.10 Å². The maximum absolute atomic E-state index is 9.27. The third-order valence-electron chi connectivity index (χ3n) is 2.33. The minimum absolute atomic E-state index is 0.279. The van der Waals surface area contributed by atoms with Crippen molar-refractivity contribution in [2.75, 3.05) is 32.1 Å². The van der Waals surface area contributed by atoms with Crippen molar-refractivity contribution < 1.29 is 9.84 Å². The summed E-state index contributed by atoms with van der Waals surface area (Å²) in [7, 11) is 3.97. The van der Waals surface area contributed by atoms with Gasteiger partial charge in [0.2, 0.25) is 0 Å². The first-order valence-corrected chi connectivity index (χ1v) is 5.42. The van der Waals surface area contributed by atoms with E-state index in [1.54, 1.807) is 0 Å². The second kappa shape index (κ2) is 6.35. The molecule has 4 heteroatoms. The second-order valence-corrected chi connectivity index (χ2v) is 3.92. The monoisotopic (exact) mass is 224 g/mol. The quantitative estimate of drug-likeness (QED) is 0.752. The standard InChI is InChI=1S/C12H20N2O2/c1-14(2)10-4-3-5-12(8-10)16-7-6-11(15)9-13/h3-5,8,11,15H,6-7,9,13H2,1-2H3. The molecule has 0 amide bonds. The fourth-order valence-corrected chi connectivity index (χ4v) is 1.28. The van der Waals surface area contributed by atoms with Crippen molar-refractivity contribution in [3.63, 3.8) is 0 Å². The molecule has 0 spiro atoms. The number of anilines is 1. The molecule has 16 heavy (non-hydrogen) atoms. The lowest BCUT2D eigenvalue weighted by Gasteiger charge is -2.14. The van der Waals surface area contributed by atoms with Crippen LogP contribution < -0.4 is 15.4 Å². The van der Waals surface area contributed by atoms with Crippen molar-refractivity contribution in [2.45, 2.75) is 12.5 Å². The molecule has 3 N–H and O–H groups in total. The molecule has 1 rings (SSSR count). The van der Waals surface area contributed by atoms with Gasteiger partial charge in [0.25, 0.3) is 0 Å². The van der Waals surface area contributed by atoms with Gasteiger partial charge in [-0.15, -0.1) is 0 Å². The lowest BCUT2D eigenvalue weighted by atomic mass is 10.2. The highest BCUT2D eigenvalue weighted by atomic mass is 16.5. The lowest BCUT2D eigenvalue weighted by Crippen LogP contribution is -2.22. The van der Waals surface area contributed by atoms with Gasteiger partial charge in [-0.25, -0.2) is 0 Å². The predicted molar refractivity (Wildman–Crippen MR) is 65.9 cm³/mol. The average molecular weight is 224 g/mol. The third kappa shape index (κ3) is 4.08. The van der Waals surface area contributed by atoms with Crippen LogP contribution in [0.4, 0.5) is 5.69 Å². The maximum Gasteiger partial charge on any atom is 0.121 e. The number of nitrogens with zero attached hydrogens (tertiary/aromatic N) is 1. The normalized spacial score (nSPS) is 12.2. The third-order valence-corrected chi connectivity index (χ3v) is 2.33. The van der Waals surface area contributed by atoms with Gasteiger partial charge in [-0.1, -0.05) is 6.07 Å². The largest absolute Gasteiger partial charge is 0.493 e. The molecule has 0 bridgehead atoms. The van der Waals surface area contributed by atoms with Crippen molar-refractivity contribution >= 4 is 5.69 Å².